The molecule has 92 valence electrons. The number of sulfonamides is 1. The predicted molar refractivity (Wildman–Crippen MR) is 59.4 cm³/mol. The molecular formula is C9H17N3O3S. The second-order valence-corrected chi connectivity index (χ2v) is 6.01. The first-order valence-corrected chi connectivity index (χ1v) is 6.37. The summed E-state index contributed by atoms with van der Waals surface area (Å²) < 4.78 is 26.3. The zero-order valence-electron chi connectivity index (χ0n) is 9.77. The van der Waals surface area contributed by atoms with Gasteiger partial charge >= 0.3 is 0 Å². The second kappa shape index (κ2) is 4.15. The van der Waals surface area contributed by atoms with E-state index in [1.807, 2.05) is 0 Å². The van der Waals surface area contributed by atoms with Gasteiger partial charge in [-0.3, -0.25) is 5.10 Å². The molecule has 1 rings (SSSR count). The predicted octanol–water partition coefficient (Wildman–Crippen LogP) is 0.156. The number of rotatable bonds is 4. The van der Waals surface area contributed by atoms with Crippen LogP contribution in [0.25, 0.3) is 0 Å². The Labute approximate surface area is 95.1 Å². The van der Waals surface area contributed by atoms with Crippen molar-refractivity contribution in [2.24, 2.45) is 0 Å². The fourth-order valence-corrected chi connectivity index (χ4v) is 2.71. The van der Waals surface area contributed by atoms with Crippen LogP contribution in [-0.2, 0) is 10.0 Å². The normalized spacial score (nSPS) is 15.1. The fraction of sp³-hybridized carbons (Fsp3) is 0.667. The largest absolute Gasteiger partial charge is 0.391 e. The van der Waals surface area contributed by atoms with Crippen molar-refractivity contribution in [3.63, 3.8) is 0 Å². The standard InChI is InChI=1S/C9H17N3O3S/c1-6-8(5-10-11-6)16(14,15)12-9(3,4)7(2)13/h5,7,12-13H,1-4H3,(H,10,11). The highest BCUT2D eigenvalue weighted by Gasteiger charge is 2.31. The third-order valence-electron chi connectivity index (χ3n) is 2.52. The van der Waals surface area contributed by atoms with Crippen LogP contribution in [0.4, 0.5) is 0 Å². The molecule has 16 heavy (non-hydrogen) atoms. The molecule has 6 nitrogen and oxygen atoms in total. The molecule has 0 aliphatic rings. The van der Waals surface area contributed by atoms with Crippen LogP contribution in [0.15, 0.2) is 11.1 Å². The monoisotopic (exact) mass is 247 g/mol. The quantitative estimate of drug-likeness (QED) is 0.706. The average Bonchev–Trinajstić information content (AvgIpc) is 2.49. The number of aryl methyl sites for hydroxylation is 1. The SMILES string of the molecule is Cc1[nH]ncc1S(=O)(=O)NC(C)(C)C(C)O. The molecule has 0 fully saturated rings. The number of hydrogen-bond donors (Lipinski definition) is 3. The molecule has 0 spiro atoms. The number of H-pyrrole nitrogens is 1. The van der Waals surface area contributed by atoms with Crippen LogP contribution >= 0.6 is 0 Å². The van der Waals surface area contributed by atoms with Crippen molar-refractivity contribution < 1.29 is 13.5 Å². The van der Waals surface area contributed by atoms with Crippen molar-refractivity contribution in [2.75, 3.05) is 0 Å². The van der Waals surface area contributed by atoms with E-state index in [1.54, 1.807) is 20.8 Å². The van der Waals surface area contributed by atoms with E-state index in [9.17, 15) is 13.5 Å². The molecule has 1 unspecified atom stereocenters. The molecule has 1 aromatic heterocycles. The molecule has 0 bridgehead atoms. The summed E-state index contributed by atoms with van der Waals surface area (Å²) in [5.74, 6) is 0. The molecule has 0 amide bonds. The number of nitrogens with zero attached hydrogens (tertiary/aromatic N) is 1. The number of aromatic amines is 1. The van der Waals surface area contributed by atoms with Gasteiger partial charge in [-0.15, -0.1) is 0 Å². The van der Waals surface area contributed by atoms with Gasteiger partial charge in [-0.05, 0) is 27.7 Å². The molecule has 0 saturated heterocycles. The molecule has 3 N–H and O–H groups in total. The maximum atomic E-state index is 12.0. The van der Waals surface area contributed by atoms with Crippen LogP contribution in [0.1, 0.15) is 26.5 Å². The molecule has 1 aromatic rings. The summed E-state index contributed by atoms with van der Waals surface area (Å²) in [6.07, 6.45) is 0.449. The first kappa shape index (κ1) is 13.1. The van der Waals surface area contributed by atoms with Gasteiger partial charge < -0.3 is 5.11 Å². The Morgan fingerprint density at radius 1 is 1.56 bits per heavy atom. The third kappa shape index (κ3) is 2.60. The van der Waals surface area contributed by atoms with Gasteiger partial charge in [0, 0.05) is 0 Å². The minimum atomic E-state index is -3.65. The lowest BCUT2D eigenvalue weighted by atomic mass is 10.0. The molecule has 0 saturated carbocycles. The Morgan fingerprint density at radius 2 is 2.12 bits per heavy atom. The van der Waals surface area contributed by atoms with Crippen molar-refractivity contribution in [1.29, 1.82) is 0 Å². The van der Waals surface area contributed by atoms with Crippen molar-refractivity contribution in [2.45, 2.75) is 44.2 Å². The van der Waals surface area contributed by atoms with E-state index in [4.69, 9.17) is 0 Å². The first-order valence-electron chi connectivity index (χ1n) is 4.89. The Balaban J connectivity index is 3.03. The van der Waals surface area contributed by atoms with Crippen molar-refractivity contribution in [3.05, 3.63) is 11.9 Å². The van der Waals surface area contributed by atoms with Gasteiger partial charge in [0.25, 0.3) is 0 Å². The van der Waals surface area contributed by atoms with Crippen LogP contribution < -0.4 is 4.72 Å². The molecule has 0 aromatic carbocycles. The zero-order valence-corrected chi connectivity index (χ0v) is 10.6. The number of aliphatic hydroxyl groups is 1. The lowest BCUT2D eigenvalue weighted by Gasteiger charge is -2.28. The average molecular weight is 247 g/mol. The summed E-state index contributed by atoms with van der Waals surface area (Å²) in [5, 5.41) is 15.7. The molecule has 1 atom stereocenters. The lowest BCUT2D eigenvalue weighted by molar-refractivity contribution is 0.111. The van der Waals surface area contributed by atoms with Crippen LogP contribution in [0.3, 0.4) is 0 Å². The highest BCUT2D eigenvalue weighted by atomic mass is 32.2. The summed E-state index contributed by atoms with van der Waals surface area (Å²) in [7, 11) is -3.65. The van der Waals surface area contributed by atoms with Crippen LogP contribution in [0, 0.1) is 6.92 Å². The number of aromatic nitrogens is 2. The van der Waals surface area contributed by atoms with Crippen molar-refractivity contribution in [1.82, 2.24) is 14.9 Å². The Kier molecular flexibility index (Phi) is 3.41. The summed E-state index contributed by atoms with van der Waals surface area (Å²) in [5.41, 5.74) is -0.461. The van der Waals surface area contributed by atoms with E-state index in [0.717, 1.165) is 0 Å². The minimum absolute atomic E-state index is 0.0984. The molecule has 7 heteroatoms. The van der Waals surface area contributed by atoms with Gasteiger partial charge in [-0.2, -0.15) is 5.10 Å². The maximum Gasteiger partial charge on any atom is 0.244 e. The Hall–Kier alpha value is -0.920. The van der Waals surface area contributed by atoms with Gasteiger partial charge in [0.15, 0.2) is 0 Å². The van der Waals surface area contributed by atoms with Gasteiger partial charge in [-0.25, -0.2) is 13.1 Å². The smallest absolute Gasteiger partial charge is 0.244 e. The summed E-state index contributed by atoms with van der Waals surface area (Å²) in [4.78, 5) is 0.0984. The van der Waals surface area contributed by atoms with E-state index < -0.39 is 21.7 Å². The molecule has 0 radical (unpaired) electrons. The molecule has 1 heterocycles. The highest BCUT2D eigenvalue weighted by Crippen LogP contribution is 2.16. The molecule has 0 aliphatic heterocycles. The zero-order chi connectivity index (χ0) is 12.6. The van der Waals surface area contributed by atoms with E-state index in [2.05, 4.69) is 14.9 Å². The summed E-state index contributed by atoms with van der Waals surface area (Å²) in [6, 6.07) is 0. The minimum Gasteiger partial charge on any atom is -0.391 e. The van der Waals surface area contributed by atoms with Crippen molar-refractivity contribution in [3.8, 4) is 0 Å². The topological polar surface area (TPSA) is 95.1 Å². The van der Waals surface area contributed by atoms with Gasteiger partial charge in [0.05, 0.1) is 23.5 Å². The van der Waals surface area contributed by atoms with Crippen LogP contribution in [0.2, 0.25) is 0 Å². The van der Waals surface area contributed by atoms with Crippen LogP contribution in [0.5, 0.6) is 0 Å². The summed E-state index contributed by atoms with van der Waals surface area (Å²) >= 11 is 0. The molecular weight excluding hydrogens is 230 g/mol. The Morgan fingerprint density at radius 3 is 2.50 bits per heavy atom. The summed E-state index contributed by atoms with van der Waals surface area (Å²) in [6.45, 7) is 6.39. The fourth-order valence-electron chi connectivity index (χ4n) is 1.10. The van der Waals surface area contributed by atoms with Gasteiger partial charge in [0.2, 0.25) is 10.0 Å². The number of hydrogen-bond acceptors (Lipinski definition) is 4. The van der Waals surface area contributed by atoms with E-state index >= 15 is 0 Å². The van der Waals surface area contributed by atoms with Gasteiger partial charge in [0.1, 0.15) is 4.90 Å². The Bertz CT molecular complexity index is 462. The molecule has 0 aliphatic carbocycles. The number of nitrogens with one attached hydrogen (secondary N) is 2. The highest BCUT2D eigenvalue weighted by molar-refractivity contribution is 7.89. The van der Waals surface area contributed by atoms with Crippen LogP contribution in [-0.4, -0.2) is 35.4 Å². The lowest BCUT2D eigenvalue weighted by Crippen LogP contribution is -2.50. The first-order chi connectivity index (χ1) is 7.17. The van der Waals surface area contributed by atoms with E-state index in [-0.39, 0.29) is 4.90 Å². The van der Waals surface area contributed by atoms with Crippen molar-refractivity contribution >= 4 is 10.0 Å². The second-order valence-electron chi connectivity index (χ2n) is 4.36. The van der Waals surface area contributed by atoms with E-state index in [0.29, 0.717) is 5.69 Å². The third-order valence-corrected chi connectivity index (χ3v) is 4.30. The maximum absolute atomic E-state index is 12.0. The van der Waals surface area contributed by atoms with Gasteiger partial charge in [-0.1, -0.05) is 0 Å². The number of aliphatic hydroxyl groups excluding tert-OH is 1. The van der Waals surface area contributed by atoms with E-state index in [1.165, 1.54) is 13.1 Å².